The van der Waals surface area contributed by atoms with Crippen molar-refractivity contribution in [3.8, 4) is 0 Å². The van der Waals surface area contributed by atoms with Crippen molar-refractivity contribution in [1.82, 2.24) is 15.4 Å². The van der Waals surface area contributed by atoms with Gasteiger partial charge in [0, 0.05) is 0 Å². The van der Waals surface area contributed by atoms with Crippen molar-refractivity contribution in [2.24, 2.45) is 0 Å². The minimum Gasteiger partial charge on any atom is -0.390 e. The molecule has 0 atom stereocenters. The van der Waals surface area contributed by atoms with Gasteiger partial charge in [0.25, 0.3) is 0 Å². The second kappa shape index (κ2) is 12.7. The van der Waals surface area contributed by atoms with Crippen LogP contribution in [0, 0.1) is 0 Å². The quantitative estimate of drug-likeness (QED) is 0.680. The first-order valence-electron chi connectivity index (χ1n) is 4.30. The van der Waals surface area contributed by atoms with E-state index >= 15 is 0 Å². The van der Waals surface area contributed by atoms with E-state index in [0.29, 0.717) is 5.69 Å². The van der Waals surface area contributed by atoms with Crippen LogP contribution in [0.1, 0.15) is 39.8 Å². The van der Waals surface area contributed by atoms with Gasteiger partial charge in [-0.05, 0) is 0 Å². The predicted molar refractivity (Wildman–Crippen MR) is 49.6 cm³/mol. The number of nitrogens with zero attached hydrogens (tertiary/aromatic N) is 2. The molecule has 0 amide bonds. The highest BCUT2D eigenvalue weighted by Gasteiger charge is 1.86. The summed E-state index contributed by atoms with van der Waals surface area (Å²) in [6.07, 6.45) is 2.72. The third-order valence-corrected chi connectivity index (χ3v) is 0.627. The summed E-state index contributed by atoms with van der Waals surface area (Å²) in [5, 5.41) is 17.7. The zero-order valence-electron chi connectivity index (χ0n) is 8.33. The lowest BCUT2D eigenvalue weighted by Crippen LogP contribution is -1.79. The molecule has 0 unspecified atom stereocenters. The molecule has 0 saturated carbocycles. The summed E-state index contributed by atoms with van der Waals surface area (Å²) in [5.74, 6) is 0. The molecule has 0 aliphatic heterocycles. The Morgan fingerprint density at radius 3 is 2.08 bits per heavy atom. The maximum atomic E-state index is 8.30. The lowest BCUT2D eigenvalue weighted by molar-refractivity contribution is 0.276. The molecule has 1 heterocycles. The van der Waals surface area contributed by atoms with Gasteiger partial charge in [-0.25, -0.2) is 0 Å². The molecule has 0 aliphatic carbocycles. The number of H-pyrrole nitrogens is 1. The first-order chi connectivity index (χ1) is 5.85. The van der Waals surface area contributed by atoms with Crippen LogP contribution in [0.2, 0.25) is 0 Å². The van der Waals surface area contributed by atoms with Gasteiger partial charge in [-0.15, -0.1) is 0 Å². The standard InChI is InChI=1S/C3H5N3O.C3H8.C2H6/c7-2-3-1-4-6-5-3;1-3-2;1-2/h1,7H,2H2,(H,4,5,6);3H2,1-2H3;1-2H3. The third kappa shape index (κ3) is 9.10. The van der Waals surface area contributed by atoms with Gasteiger partial charge >= 0.3 is 0 Å². The Morgan fingerprint density at radius 1 is 1.42 bits per heavy atom. The molecule has 4 heteroatoms. The molecule has 1 aromatic rings. The van der Waals surface area contributed by atoms with Crippen LogP contribution in [0.3, 0.4) is 0 Å². The molecule has 0 saturated heterocycles. The highest BCUT2D eigenvalue weighted by molar-refractivity contribution is 4.85. The molecule has 1 rings (SSSR count). The first kappa shape index (κ1) is 13.7. The lowest BCUT2D eigenvalue weighted by Gasteiger charge is -1.75. The number of aliphatic hydroxyl groups is 1. The SMILES string of the molecule is CC.CCC.OCc1cn[nH]n1. The van der Waals surface area contributed by atoms with E-state index < -0.39 is 0 Å². The number of aromatic amines is 1. The van der Waals surface area contributed by atoms with Gasteiger partial charge < -0.3 is 5.11 Å². The molecule has 1 aromatic heterocycles. The van der Waals surface area contributed by atoms with Gasteiger partial charge in [-0.3, -0.25) is 0 Å². The maximum absolute atomic E-state index is 8.30. The minimum atomic E-state index is -0.0451. The molecule has 72 valence electrons. The van der Waals surface area contributed by atoms with Crippen molar-refractivity contribution < 1.29 is 5.11 Å². The molecule has 4 nitrogen and oxygen atoms in total. The fraction of sp³-hybridized carbons (Fsp3) is 0.750. The number of aliphatic hydroxyl groups excluding tert-OH is 1. The fourth-order valence-electron chi connectivity index (χ4n) is 0.302. The largest absolute Gasteiger partial charge is 0.390 e. The number of hydrogen-bond donors (Lipinski definition) is 2. The highest BCUT2D eigenvalue weighted by atomic mass is 16.3. The van der Waals surface area contributed by atoms with E-state index in [1.807, 2.05) is 13.8 Å². The predicted octanol–water partition coefficient (Wildman–Crippen LogP) is 1.74. The van der Waals surface area contributed by atoms with Gasteiger partial charge in [0.2, 0.25) is 0 Å². The van der Waals surface area contributed by atoms with Crippen molar-refractivity contribution in [2.45, 2.75) is 40.7 Å². The molecule has 12 heavy (non-hydrogen) atoms. The molecule has 2 N–H and O–H groups in total. The van der Waals surface area contributed by atoms with E-state index in [9.17, 15) is 0 Å². The minimum absolute atomic E-state index is 0.0451. The van der Waals surface area contributed by atoms with E-state index in [-0.39, 0.29) is 6.61 Å². The fourth-order valence-corrected chi connectivity index (χ4v) is 0.302. The summed E-state index contributed by atoms with van der Waals surface area (Å²) in [7, 11) is 0. The Morgan fingerprint density at radius 2 is 1.92 bits per heavy atom. The van der Waals surface area contributed by atoms with E-state index in [0.717, 1.165) is 0 Å². The van der Waals surface area contributed by atoms with Crippen molar-refractivity contribution >= 4 is 0 Å². The van der Waals surface area contributed by atoms with E-state index in [1.54, 1.807) is 0 Å². The van der Waals surface area contributed by atoms with Gasteiger partial charge in [0.1, 0.15) is 5.69 Å². The summed E-state index contributed by atoms with van der Waals surface area (Å²) in [5.41, 5.74) is 0.569. The summed E-state index contributed by atoms with van der Waals surface area (Å²) in [6, 6.07) is 0. The van der Waals surface area contributed by atoms with Crippen LogP contribution in [-0.4, -0.2) is 20.5 Å². The van der Waals surface area contributed by atoms with Gasteiger partial charge in [-0.2, -0.15) is 15.4 Å². The third-order valence-electron chi connectivity index (χ3n) is 0.627. The number of rotatable bonds is 1. The average molecular weight is 173 g/mol. The molecule has 0 bridgehead atoms. The summed E-state index contributed by atoms with van der Waals surface area (Å²) >= 11 is 0. The van der Waals surface area contributed by atoms with Crippen LogP contribution in [0.15, 0.2) is 6.20 Å². The molecule has 0 aromatic carbocycles. The molecular formula is C8H19N3O. The molecule has 0 aliphatic rings. The highest BCUT2D eigenvalue weighted by Crippen LogP contribution is 1.83. The second-order valence-electron chi connectivity index (χ2n) is 1.83. The van der Waals surface area contributed by atoms with Crippen LogP contribution >= 0.6 is 0 Å². The van der Waals surface area contributed by atoms with Crippen LogP contribution in [0.25, 0.3) is 0 Å². The van der Waals surface area contributed by atoms with Crippen LogP contribution < -0.4 is 0 Å². The van der Waals surface area contributed by atoms with Crippen molar-refractivity contribution in [2.75, 3.05) is 0 Å². The smallest absolute Gasteiger partial charge is 0.108 e. The summed E-state index contributed by atoms with van der Waals surface area (Å²) in [6.45, 7) is 8.20. The first-order valence-corrected chi connectivity index (χ1v) is 4.30. The Kier molecular flexibility index (Phi) is 14.5. The monoisotopic (exact) mass is 173 g/mol. The van der Waals surface area contributed by atoms with E-state index in [1.165, 1.54) is 12.6 Å². The maximum Gasteiger partial charge on any atom is 0.108 e. The molecule has 0 spiro atoms. The van der Waals surface area contributed by atoms with E-state index in [4.69, 9.17) is 5.11 Å². The molecule has 0 fully saturated rings. The number of hydrogen-bond acceptors (Lipinski definition) is 3. The van der Waals surface area contributed by atoms with Gasteiger partial charge in [0.15, 0.2) is 0 Å². The van der Waals surface area contributed by atoms with Crippen molar-refractivity contribution in [1.29, 1.82) is 0 Å². The van der Waals surface area contributed by atoms with Crippen LogP contribution in [0.4, 0.5) is 0 Å². The zero-order valence-corrected chi connectivity index (χ0v) is 8.33. The lowest BCUT2D eigenvalue weighted by atomic mass is 10.5. The molecule has 0 radical (unpaired) electrons. The van der Waals surface area contributed by atoms with E-state index in [2.05, 4.69) is 29.3 Å². The van der Waals surface area contributed by atoms with Gasteiger partial charge in [-0.1, -0.05) is 34.1 Å². The van der Waals surface area contributed by atoms with Crippen LogP contribution in [-0.2, 0) is 6.61 Å². The Balaban J connectivity index is 0. The Bertz CT molecular complexity index is 140. The van der Waals surface area contributed by atoms with Crippen molar-refractivity contribution in [3.05, 3.63) is 11.9 Å². The van der Waals surface area contributed by atoms with Gasteiger partial charge in [0.05, 0.1) is 12.8 Å². The van der Waals surface area contributed by atoms with Crippen LogP contribution in [0.5, 0.6) is 0 Å². The summed E-state index contributed by atoms with van der Waals surface area (Å²) < 4.78 is 0. The second-order valence-corrected chi connectivity index (χ2v) is 1.83. The molecular weight excluding hydrogens is 154 g/mol. The topological polar surface area (TPSA) is 61.8 Å². The normalized spacial score (nSPS) is 7.42. The number of nitrogens with one attached hydrogen (secondary N) is 1. The van der Waals surface area contributed by atoms with Crippen molar-refractivity contribution in [3.63, 3.8) is 0 Å². The Labute approximate surface area is 74.0 Å². The number of aromatic nitrogens is 3. The average Bonchev–Trinajstić information content (AvgIpc) is 2.61. The zero-order chi connectivity index (χ0) is 9.82. The summed E-state index contributed by atoms with van der Waals surface area (Å²) in [4.78, 5) is 0. The Hall–Kier alpha value is -0.900.